The predicted octanol–water partition coefficient (Wildman–Crippen LogP) is 3.78. The molecule has 0 fully saturated rings. The molecule has 60 valence electrons. The average Bonchev–Trinajstić information content (AvgIpc) is 1.98. The van der Waals surface area contributed by atoms with Gasteiger partial charge in [0.15, 0.2) is 0 Å². The van der Waals surface area contributed by atoms with Crippen molar-refractivity contribution in [3.8, 4) is 0 Å². The van der Waals surface area contributed by atoms with Crippen LogP contribution < -0.4 is 0 Å². The smallest absolute Gasteiger partial charge is 0.0325 e. The summed E-state index contributed by atoms with van der Waals surface area (Å²) < 4.78 is 0. The summed E-state index contributed by atoms with van der Waals surface area (Å²) in [5.41, 5.74) is 0. The topological polar surface area (TPSA) is 0 Å². The van der Waals surface area contributed by atoms with Crippen LogP contribution >= 0.6 is 0 Å². The fourth-order valence-electron chi connectivity index (χ4n) is 1.22. The Labute approximate surface area is 65.3 Å². The Hall–Kier alpha value is -0.260. The van der Waals surface area contributed by atoms with Crippen molar-refractivity contribution in [3.63, 3.8) is 0 Å². The maximum absolute atomic E-state index is 3.76. The molecule has 0 saturated heterocycles. The van der Waals surface area contributed by atoms with Crippen LogP contribution in [-0.4, -0.2) is 0 Å². The zero-order chi connectivity index (χ0) is 7.82. The lowest BCUT2D eigenvalue weighted by Crippen LogP contribution is -1.95. The van der Waals surface area contributed by atoms with Gasteiger partial charge in [-0.25, -0.2) is 0 Å². The Kier molecular flexibility index (Phi) is 6.68. The van der Waals surface area contributed by atoms with E-state index in [0.29, 0.717) is 0 Å². The second-order valence-corrected chi connectivity index (χ2v) is 2.94. The van der Waals surface area contributed by atoms with Crippen LogP contribution in [0.4, 0.5) is 0 Å². The van der Waals surface area contributed by atoms with Gasteiger partial charge in [-0.15, -0.1) is 6.58 Å². The van der Waals surface area contributed by atoms with Crippen LogP contribution in [0, 0.1) is 5.92 Å². The van der Waals surface area contributed by atoms with E-state index in [1.807, 2.05) is 6.08 Å². The zero-order valence-corrected chi connectivity index (χ0v) is 7.40. The Morgan fingerprint density at radius 2 is 2.10 bits per heavy atom. The van der Waals surface area contributed by atoms with Gasteiger partial charge in [-0.05, 0) is 12.3 Å². The summed E-state index contributed by atoms with van der Waals surface area (Å²) in [6, 6.07) is 0. The minimum absolute atomic E-state index is 0.900. The van der Waals surface area contributed by atoms with Gasteiger partial charge in [-0.2, -0.15) is 0 Å². The second-order valence-electron chi connectivity index (χ2n) is 2.94. The Morgan fingerprint density at radius 3 is 2.50 bits per heavy atom. The molecule has 0 aliphatic rings. The van der Waals surface area contributed by atoms with E-state index in [2.05, 4.69) is 20.4 Å². The first kappa shape index (κ1) is 9.74. The van der Waals surface area contributed by atoms with Crippen molar-refractivity contribution in [2.24, 2.45) is 5.92 Å². The molecular formula is C10H20. The summed E-state index contributed by atoms with van der Waals surface area (Å²) in [5.74, 6) is 0.900. The fraction of sp³-hybridized carbons (Fsp3) is 0.800. The maximum Gasteiger partial charge on any atom is -0.0325 e. The summed E-state index contributed by atoms with van der Waals surface area (Å²) in [6.07, 6.45) is 8.66. The molecule has 0 heterocycles. The van der Waals surface area contributed by atoms with Gasteiger partial charge in [0.05, 0.1) is 0 Å². The lowest BCUT2D eigenvalue weighted by Gasteiger charge is -2.10. The lowest BCUT2D eigenvalue weighted by molar-refractivity contribution is 0.457. The Bertz CT molecular complexity index is 74.1. The lowest BCUT2D eigenvalue weighted by atomic mass is 9.96. The molecule has 0 aromatic rings. The molecule has 10 heavy (non-hydrogen) atoms. The highest BCUT2D eigenvalue weighted by atomic mass is 14.1. The van der Waals surface area contributed by atoms with E-state index in [1.54, 1.807) is 0 Å². The SMILES string of the molecule is C=CC[C@@H](CC)CCCC. The molecule has 0 aliphatic heterocycles. The first-order valence-corrected chi connectivity index (χ1v) is 4.46. The van der Waals surface area contributed by atoms with E-state index >= 15 is 0 Å². The van der Waals surface area contributed by atoms with Crippen molar-refractivity contribution in [1.29, 1.82) is 0 Å². The number of hydrogen-bond acceptors (Lipinski definition) is 0. The minimum Gasteiger partial charge on any atom is -0.103 e. The van der Waals surface area contributed by atoms with Crippen LogP contribution in [0.3, 0.4) is 0 Å². The third-order valence-electron chi connectivity index (χ3n) is 2.04. The molecule has 0 aromatic heterocycles. The van der Waals surface area contributed by atoms with Crippen molar-refractivity contribution < 1.29 is 0 Å². The quantitative estimate of drug-likeness (QED) is 0.492. The molecular weight excluding hydrogens is 120 g/mol. The van der Waals surface area contributed by atoms with Gasteiger partial charge in [0.2, 0.25) is 0 Å². The van der Waals surface area contributed by atoms with Crippen molar-refractivity contribution in [2.45, 2.75) is 46.0 Å². The number of allylic oxidation sites excluding steroid dienone is 1. The highest BCUT2D eigenvalue weighted by Gasteiger charge is 2.01. The minimum atomic E-state index is 0.900. The van der Waals surface area contributed by atoms with Crippen molar-refractivity contribution in [1.82, 2.24) is 0 Å². The summed E-state index contributed by atoms with van der Waals surface area (Å²) in [6.45, 7) is 8.27. The second kappa shape index (κ2) is 6.85. The van der Waals surface area contributed by atoms with Gasteiger partial charge in [0, 0.05) is 0 Å². The largest absolute Gasteiger partial charge is 0.103 e. The number of hydrogen-bond donors (Lipinski definition) is 0. The van der Waals surface area contributed by atoms with Gasteiger partial charge >= 0.3 is 0 Å². The van der Waals surface area contributed by atoms with Crippen molar-refractivity contribution in [3.05, 3.63) is 12.7 Å². The third-order valence-corrected chi connectivity index (χ3v) is 2.04. The van der Waals surface area contributed by atoms with Gasteiger partial charge in [0.25, 0.3) is 0 Å². The number of unbranched alkanes of at least 4 members (excludes halogenated alkanes) is 1. The van der Waals surface area contributed by atoms with E-state index < -0.39 is 0 Å². The van der Waals surface area contributed by atoms with E-state index in [-0.39, 0.29) is 0 Å². The number of rotatable bonds is 6. The zero-order valence-electron chi connectivity index (χ0n) is 7.40. The molecule has 0 radical (unpaired) electrons. The first-order chi connectivity index (χ1) is 4.85. The van der Waals surface area contributed by atoms with Crippen molar-refractivity contribution >= 4 is 0 Å². The summed E-state index contributed by atoms with van der Waals surface area (Å²) >= 11 is 0. The third kappa shape index (κ3) is 4.60. The van der Waals surface area contributed by atoms with Gasteiger partial charge < -0.3 is 0 Å². The molecule has 0 aliphatic carbocycles. The molecule has 0 saturated carbocycles. The molecule has 0 spiro atoms. The van der Waals surface area contributed by atoms with Gasteiger partial charge in [-0.1, -0.05) is 45.6 Å². The van der Waals surface area contributed by atoms with E-state index in [0.717, 1.165) is 5.92 Å². The highest BCUT2D eigenvalue weighted by molar-refractivity contribution is 4.71. The van der Waals surface area contributed by atoms with Crippen LogP contribution in [0.15, 0.2) is 12.7 Å². The van der Waals surface area contributed by atoms with E-state index in [1.165, 1.54) is 32.1 Å². The van der Waals surface area contributed by atoms with Crippen molar-refractivity contribution in [2.75, 3.05) is 0 Å². The first-order valence-electron chi connectivity index (χ1n) is 4.46. The average molecular weight is 140 g/mol. The molecule has 1 atom stereocenters. The molecule has 0 aromatic carbocycles. The van der Waals surface area contributed by atoms with Gasteiger partial charge in [-0.3, -0.25) is 0 Å². The van der Waals surface area contributed by atoms with Crippen LogP contribution in [0.2, 0.25) is 0 Å². The normalized spacial score (nSPS) is 13.0. The standard InChI is InChI=1S/C10H20/c1-4-7-9-10(6-3)8-5-2/h5,10H,2,4,6-9H2,1,3H3/t10-/m1/s1. The van der Waals surface area contributed by atoms with Crippen LogP contribution in [0.1, 0.15) is 46.0 Å². The maximum atomic E-state index is 3.76. The molecule has 0 heteroatoms. The fourth-order valence-corrected chi connectivity index (χ4v) is 1.22. The monoisotopic (exact) mass is 140 g/mol. The summed E-state index contributed by atoms with van der Waals surface area (Å²) in [5, 5.41) is 0. The van der Waals surface area contributed by atoms with E-state index in [4.69, 9.17) is 0 Å². The van der Waals surface area contributed by atoms with E-state index in [9.17, 15) is 0 Å². The summed E-state index contributed by atoms with van der Waals surface area (Å²) in [7, 11) is 0. The molecule has 0 N–H and O–H groups in total. The predicted molar refractivity (Wildman–Crippen MR) is 48.1 cm³/mol. The highest BCUT2D eigenvalue weighted by Crippen LogP contribution is 2.16. The van der Waals surface area contributed by atoms with Gasteiger partial charge in [0.1, 0.15) is 0 Å². The molecule has 0 nitrogen and oxygen atoms in total. The molecule has 0 amide bonds. The molecule has 0 rings (SSSR count). The molecule has 0 bridgehead atoms. The summed E-state index contributed by atoms with van der Waals surface area (Å²) in [4.78, 5) is 0. The Morgan fingerprint density at radius 1 is 1.40 bits per heavy atom. The Balaban J connectivity index is 3.29. The van der Waals surface area contributed by atoms with Crippen LogP contribution in [-0.2, 0) is 0 Å². The van der Waals surface area contributed by atoms with Crippen LogP contribution in [0.25, 0.3) is 0 Å². The van der Waals surface area contributed by atoms with Crippen LogP contribution in [0.5, 0.6) is 0 Å². The molecule has 0 unspecified atom stereocenters.